The number of halogens is 3. The lowest BCUT2D eigenvalue weighted by Crippen LogP contribution is -2.18. The molecule has 102 valence electrons. The molecule has 0 saturated carbocycles. The largest absolute Gasteiger partial charge is 0.272 e. The molecule has 2 aromatic carbocycles. The molecule has 0 saturated heterocycles. The van der Waals surface area contributed by atoms with Gasteiger partial charge in [-0.3, -0.25) is 4.79 Å². The maximum atomic E-state index is 11.9. The summed E-state index contributed by atoms with van der Waals surface area (Å²) in [6, 6.07) is 12.3. The Kier molecular flexibility index (Phi) is 5.17. The topological polar surface area (TPSA) is 41.5 Å². The first-order chi connectivity index (χ1) is 9.59. The molecule has 20 heavy (non-hydrogen) atoms. The highest BCUT2D eigenvalue weighted by molar-refractivity contribution is 9.10. The Balaban J connectivity index is 2.09. The molecule has 2 aromatic rings. The second kappa shape index (κ2) is 6.88. The van der Waals surface area contributed by atoms with Crippen LogP contribution in [0.3, 0.4) is 0 Å². The molecule has 0 aliphatic heterocycles. The SMILES string of the molecule is O=C(NN=Cc1cccc(Cl)c1Cl)c1ccccc1Br. The quantitative estimate of drug-likeness (QED) is 0.625. The van der Waals surface area contributed by atoms with Gasteiger partial charge in [-0.05, 0) is 34.1 Å². The fourth-order valence-corrected chi connectivity index (χ4v) is 2.31. The summed E-state index contributed by atoms with van der Waals surface area (Å²) < 4.78 is 0.702. The summed E-state index contributed by atoms with van der Waals surface area (Å²) in [5.41, 5.74) is 3.57. The molecule has 0 aliphatic rings. The molecule has 0 unspecified atom stereocenters. The fourth-order valence-electron chi connectivity index (χ4n) is 1.49. The Morgan fingerprint density at radius 3 is 2.65 bits per heavy atom. The highest BCUT2D eigenvalue weighted by atomic mass is 79.9. The molecule has 0 fully saturated rings. The summed E-state index contributed by atoms with van der Waals surface area (Å²) in [6.07, 6.45) is 1.45. The molecule has 6 heteroatoms. The lowest BCUT2D eigenvalue weighted by atomic mass is 10.2. The molecule has 0 aromatic heterocycles. The number of benzene rings is 2. The van der Waals surface area contributed by atoms with E-state index in [9.17, 15) is 4.79 Å². The maximum Gasteiger partial charge on any atom is 0.272 e. The van der Waals surface area contributed by atoms with Gasteiger partial charge in [0.25, 0.3) is 5.91 Å². The number of rotatable bonds is 3. The maximum absolute atomic E-state index is 11.9. The van der Waals surface area contributed by atoms with Gasteiger partial charge >= 0.3 is 0 Å². The van der Waals surface area contributed by atoms with E-state index in [1.54, 1.807) is 36.4 Å². The van der Waals surface area contributed by atoms with Gasteiger partial charge in [0, 0.05) is 10.0 Å². The highest BCUT2D eigenvalue weighted by Crippen LogP contribution is 2.24. The van der Waals surface area contributed by atoms with Crippen molar-refractivity contribution in [1.82, 2.24) is 5.43 Å². The van der Waals surface area contributed by atoms with Crippen molar-refractivity contribution in [1.29, 1.82) is 0 Å². The van der Waals surface area contributed by atoms with E-state index in [-0.39, 0.29) is 5.91 Å². The molecule has 0 bridgehead atoms. The smallest absolute Gasteiger partial charge is 0.267 e. The zero-order valence-corrected chi connectivity index (χ0v) is 13.2. The Hall–Kier alpha value is -1.36. The zero-order valence-electron chi connectivity index (χ0n) is 10.1. The van der Waals surface area contributed by atoms with Crippen molar-refractivity contribution in [2.75, 3.05) is 0 Å². The molecule has 0 radical (unpaired) electrons. The average Bonchev–Trinajstić information content (AvgIpc) is 2.44. The minimum absolute atomic E-state index is 0.313. The summed E-state index contributed by atoms with van der Waals surface area (Å²) in [5.74, 6) is -0.313. The predicted octanol–water partition coefficient (Wildman–Crippen LogP) is 4.52. The second-order valence-electron chi connectivity index (χ2n) is 3.82. The Morgan fingerprint density at radius 1 is 1.15 bits per heavy atom. The van der Waals surface area contributed by atoms with Crippen LogP contribution in [0, 0.1) is 0 Å². The fraction of sp³-hybridized carbons (Fsp3) is 0. The van der Waals surface area contributed by atoms with E-state index >= 15 is 0 Å². The Morgan fingerprint density at radius 2 is 1.90 bits per heavy atom. The third-order valence-corrected chi connectivity index (χ3v) is 3.99. The van der Waals surface area contributed by atoms with Crippen LogP contribution in [0.1, 0.15) is 15.9 Å². The van der Waals surface area contributed by atoms with E-state index in [0.717, 1.165) is 0 Å². The van der Waals surface area contributed by atoms with Crippen LogP contribution in [0.25, 0.3) is 0 Å². The van der Waals surface area contributed by atoms with Gasteiger partial charge in [-0.1, -0.05) is 47.5 Å². The van der Waals surface area contributed by atoms with Crippen molar-refractivity contribution in [2.24, 2.45) is 5.10 Å². The van der Waals surface area contributed by atoms with Crippen LogP contribution in [0.4, 0.5) is 0 Å². The van der Waals surface area contributed by atoms with Crippen LogP contribution < -0.4 is 5.43 Å². The van der Waals surface area contributed by atoms with Crippen molar-refractivity contribution >= 4 is 51.3 Å². The van der Waals surface area contributed by atoms with Gasteiger partial charge in [-0.25, -0.2) is 5.43 Å². The number of carbonyl (C=O) groups excluding carboxylic acids is 1. The normalized spacial score (nSPS) is 10.8. The van der Waals surface area contributed by atoms with Crippen LogP contribution in [0.15, 0.2) is 52.0 Å². The molecule has 0 heterocycles. The molecule has 1 N–H and O–H groups in total. The van der Waals surface area contributed by atoms with Crippen molar-refractivity contribution in [2.45, 2.75) is 0 Å². The standard InChI is InChI=1S/C14H9BrCl2N2O/c15-11-6-2-1-5-10(11)14(20)19-18-8-9-4-3-7-12(16)13(9)17/h1-8H,(H,19,20). The van der Waals surface area contributed by atoms with Crippen molar-refractivity contribution in [3.63, 3.8) is 0 Å². The minimum Gasteiger partial charge on any atom is -0.267 e. The number of nitrogens with one attached hydrogen (secondary N) is 1. The second-order valence-corrected chi connectivity index (χ2v) is 5.46. The molecule has 0 atom stereocenters. The van der Waals surface area contributed by atoms with Gasteiger partial charge in [-0.15, -0.1) is 0 Å². The van der Waals surface area contributed by atoms with Crippen LogP contribution in [-0.2, 0) is 0 Å². The third-order valence-electron chi connectivity index (χ3n) is 2.47. The molecule has 3 nitrogen and oxygen atoms in total. The first-order valence-electron chi connectivity index (χ1n) is 5.61. The Labute approximate surface area is 134 Å². The number of nitrogens with zero attached hydrogens (tertiary/aromatic N) is 1. The first kappa shape index (κ1) is 15.0. The monoisotopic (exact) mass is 370 g/mol. The van der Waals surface area contributed by atoms with E-state index in [1.807, 2.05) is 6.07 Å². The van der Waals surface area contributed by atoms with Crippen LogP contribution in [0.5, 0.6) is 0 Å². The summed E-state index contributed by atoms with van der Waals surface area (Å²) in [4.78, 5) is 11.9. The molecular formula is C14H9BrCl2N2O. The van der Waals surface area contributed by atoms with Gasteiger partial charge < -0.3 is 0 Å². The van der Waals surface area contributed by atoms with Crippen LogP contribution in [0.2, 0.25) is 10.0 Å². The average molecular weight is 372 g/mol. The van der Waals surface area contributed by atoms with E-state index in [4.69, 9.17) is 23.2 Å². The number of amides is 1. The van der Waals surface area contributed by atoms with Gasteiger partial charge in [0.1, 0.15) is 0 Å². The van der Waals surface area contributed by atoms with E-state index in [1.165, 1.54) is 6.21 Å². The van der Waals surface area contributed by atoms with Crippen molar-refractivity contribution in [3.8, 4) is 0 Å². The first-order valence-corrected chi connectivity index (χ1v) is 7.16. The minimum atomic E-state index is -0.313. The van der Waals surface area contributed by atoms with Crippen molar-refractivity contribution < 1.29 is 4.79 Å². The molecule has 0 spiro atoms. The van der Waals surface area contributed by atoms with Gasteiger partial charge in [0.05, 0.1) is 21.8 Å². The van der Waals surface area contributed by atoms with Crippen LogP contribution >= 0.6 is 39.1 Å². The number of hydrogen-bond acceptors (Lipinski definition) is 2. The van der Waals surface area contributed by atoms with Crippen LogP contribution in [-0.4, -0.2) is 12.1 Å². The third kappa shape index (κ3) is 3.60. The number of hydrazone groups is 1. The Bertz CT molecular complexity index is 674. The van der Waals surface area contributed by atoms with E-state index in [0.29, 0.717) is 25.6 Å². The summed E-state index contributed by atoms with van der Waals surface area (Å²) in [6.45, 7) is 0. The molecule has 1 amide bonds. The van der Waals surface area contributed by atoms with E-state index < -0.39 is 0 Å². The summed E-state index contributed by atoms with van der Waals surface area (Å²) in [5, 5.41) is 4.71. The number of carbonyl (C=O) groups is 1. The highest BCUT2D eigenvalue weighted by Gasteiger charge is 2.07. The molecule has 0 aliphatic carbocycles. The van der Waals surface area contributed by atoms with Gasteiger partial charge in [-0.2, -0.15) is 5.10 Å². The van der Waals surface area contributed by atoms with Gasteiger partial charge in [0.2, 0.25) is 0 Å². The molecular weight excluding hydrogens is 363 g/mol. The lowest BCUT2D eigenvalue weighted by Gasteiger charge is -2.02. The number of hydrogen-bond donors (Lipinski definition) is 1. The van der Waals surface area contributed by atoms with Gasteiger partial charge in [0.15, 0.2) is 0 Å². The molecule has 2 rings (SSSR count). The zero-order chi connectivity index (χ0) is 14.5. The lowest BCUT2D eigenvalue weighted by molar-refractivity contribution is 0.0954. The summed E-state index contributed by atoms with van der Waals surface area (Å²) >= 11 is 15.2. The predicted molar refractivity (Wildman–Crippen MR) is 85.7 cm³/mol. The summed E-state index contributed by atoms with van der Waals surface area (Å²) in [7, 11) is 0. The van der Waals surface area contributed by atoms with E-state index in [2.05, 4.69) is 26.5 Å². The van der Waals surface area contributed by atoms with Crippen molar-refractivity contribution in [3.05, 3.63) is 68.1 Å².